The van der Waals surface area contributed by atoms with Gasteiger partial charge in [-0.05, 0) is 6.07 Å². The van der Waals surface area contributed by atoms with E-state index in [1.54, 1.807) is 42.5 Å². The molecule has 0 amide bonds. The van der Waals surface area contributed by atoms with Crippen molar-refractivity contribution in [1.82, 2.24) is 0 Å². The van der Waals surface area contributed by atoms with E-state index >= 15 is 0 Å². The Labute approximate surface area is 157 Å². The zero-order valence-corrected chi connectivity index (χ0v) is 16.2. The van der Waals surface area contributed by atoms with E-state index in [0.717, 1.165) is 0 Å². The van der Waals surface area contributed by atoms with Gasteiger partial charge < -0.3 is 0 Å². The Hall–Kier alpha value is -3.00. The quantitative estimate of drug-likeness (QED) is 0.341. The SMILES string of the molecule is C=C/C=C(\C=C)C(=O)c1cccc(C(=O)c2ccccc2)c1.CC.CC. The number of benzene rings is 2. The number of rotatable bonds is 6. The maximum atomic E-state index is 12.4. The van der Waals surface area contributed by atoms with Gasteiger partial charge in [-0.2, -0.15) is 0 Å². The van der Waals surface area contributed by atoms with Gasteiger partial charge in [-0.1, -0.05) is 108 Å². The molecule has 2 heteroatoms. The molecule has 0 unspecified atom stereocenters. The highest BCUT2D eigenvalue weighted by atomic mass is 16.1. The molecule has 2 aromatic carbocycles. The molecule has 0 saturated heterocycles. The van der Waals surface area contributed by atoms with Crippen LogP contribution in [0.25, 0.3) is 0 Å². The molecule has 0 aliphatic carbocycles. The molecule has 2 rings (SSSR count). The van der Waals surface area contributed by atoms with Crippen LogP contribution >= 0.6 is 0 Å². The van der Waals surface area contributed by atoms with E-state index < -0.39 is 0 Å². The zero-order chi connectivity index (χ0) is 19.9. The smallest absolute Gasteiger partial charge is 0.193 e. The van der Waals surface area contributed by atoms with Crippen LogP contribution in [0.15, 0.2) is 91.6 Å². The second-order valence-corrected chi connectivity index (χ2v) is 4.67. The molecule has 0 saturated carbocycles. The summed E-state index contributed by atoms with van der Waals surface area (Å²) in [7, 11) is 0. The van der Waals surface area contributed by atoms with Gasteiger partial charge in [0.1, 0.15) is 0 Å². The minimum absolute atomic E-state index is 0.108. The van der Waals surface area contributed by atoms with Crippen molar-refractivity contribution in [3.63, 3.8) is 0 Å². The van der Waals surface area contributed by atoms with Crippen LogP contribution in [0, 0.1) is 0 Å². The predicted octanol–water partition coefficient (Wildman–Crippen LogP) is 6.45. The third-order valence-electron chi connectivity index (χ3n) is 3.20. The van der Waals surface area contributed by atoms with Crippen molar-refractivity contribution in [3.8, 4) is 0 Å². The fraction of sp³-hybridized carbons (Fsp3) is 0.167. The molecule has 0 heterocycles. The van der Waals surface area contributed by atoms with E-state index in [-0.39, 0.29) is 11.6 Å². The highest BCUT2D eigenvalue weighted by Gasteiger charge is 2.13. The number of allylic oxidation sites excluding steroid dienone is 4. The van der Waals surface area contributed by atoms with Crippen molar-refractivity contribution < 1.29 is 9.59 Å². The highest BCUT2D eigenvalue weighted by molar-refractivity contribution is 6.14. The van der Waals surface area contributed by atoms with Gasteiger partial charge in [-0.3, -0.25) is 9.59 Å². The molecule has 0 aliphatic rings. The Balaban J connectivity index is 0.00000146. The lowest BCUT2D eigenvalue weighted by atomic mass is 9.97. The number of hydrogen-bond donors (Lipinski definition) is 0. The number of Topliss-reactive ketones (excluding diaryl/α,β-unsaturated/α-hetero) is 1. The molecule has 0 N–H and O–H groups in total. The third-order valence-corrected chi connectivity index (χ3v) is 3.20. The van der Waals surface area contributed by atoms with E-state index in [1.165, 1.54) is 12.2 Å². The number of carbonyl (C=O) groups excluding carboxylic acids is 2. The average Bonchev–Trinajstić information content (AvgIpc) is 2.74. The van der Waals surface area contributed by atoms with Crippen molar-refractivity contribution in [2.75, 3.05) is 0 Å². The summed E-state index contributed by atoms with van der Waals surface area (Å²) in [4.78, 5) is 24.8. The Morgan fingerprint density at radius 3 is 1.85 bits per heavy atom. The first kappa shape index (κ1) is 23.0. The standard InChI is InChI=1S/C20H16O2.2C2H6/c1-3-9-15(4-2)19(21)17-12-8-13-18(14-17)20(22)16-10-6-5-7-11-16;2*1-2/h3-14H,1-2H2;2*1-2H3/b15-9+;;. The molecular formula is C24H28O2. The molecule has 0 spiro atoms. The van der Waals surface area contributed by atoms with Gasteiger partial charge in [-0.15, -0.1) is 0 Å². The maximum absolute atomic E-state index is 12.4. The van der Waals surface area contributed by atoms with Crippen molar-refractivity contribution in [2.24, 2.45) is 0 Å². The fourth-order valence-corrected chi connectivity index (χ4v) is 2.09. The van der Waals surface area contributed by atoms with Crippen LogP contribution in [0.1, 0.15) is 54.0 Å². The van der Waals surface area contributed by atoms with Crippen LogP contribution in [0.5, 0.6) is 0 Å². The molecule has 0 fully saturated rings. The molecular weight excluding hydrogens is 320 g/mol. The topological polar surface area (TPSA) is 34.1 Å². The molecule has 0 radical (unpaired) electrons. The Kier molecular flexibility index (Phi) is 11.8. The Morgan fingerprint density at radius 2 is 1.31 bits per heavy atom. The molecule has 26 heavy (non-hydrogen) atoms. The Bertz CT molecular complexity index is 753. The monoisotopic (exact) mass is 348 g/mol. The molecule has 0 aliphatic heterocycles. The van der Waals surface area contributed by atoms with Gasteiger partial charge in [0.05, 0.1) is 0 Å². The first-order valence-corrected chi connectivity index (χ1v) is 8.87. The summed E-state index contributed by atoms with van der Waals surface area (Å²) >= 11 is 0. The summed E-state index contributed by atoms with van der Waals surface area (Å²) < 4.78 is 0. The van der Waals surface area contributed by atoms with E-state index in [4.69, 9.17) is 0 Å². The van der Waals surface area contributed by atoms with Crippen LogP contribution in [0.3, 0.4) is 0 Å². The van der Waals surface area contributed by atoms with E-state index in [0.29, 0.717) is 22.3 Å². The van der Waals surface area contributed by atoms with Gasteiger partial charge in [0.15, 0.2) is 11.6 Å². The second kappa shape index (κ2) is 13.3. The maximum Gasteiger partial charge on any atom is 0.193 e. The summed E-state index contributed by atoms with van der Waals surface area (Å²) in [6.45, 7) is 15.2. The van der Waals surface area contributed by atoms with E-state index in [1.807, 2.05) is 45.9 Å². The zero-order valence-electron chi connectivity index (χ0n) is 16.2. The van der Waals surface area contributed by atoms with Crippen LogP contribution in [-0.2, 0) is 0 Å². The molecule has 0 atom stereocenters. The first-order chi connectivity index (χ1) is 12.7. The fourth-order valence-electron chi connectivity index (χ4n) is 2.09. The number of hydrogen-bond acceptors (Lipinski definition) is 2. The van der Waals surface area contributed by atoms with Gasteiger partial charge in [-0.25, -0.2) is 0 Å². The summed E-state index contributed by atoms with van der Waals surface area (Å²) in [6, 6.07) is 15.7. The minimum atomic E-state index is -0.183. The molecule has 136 valence electrons. The van der Waals surface area contributed by atoms with E-state index in [9.17, 15) is 9.59 Å². The molecule has 2 aromatic rings. The number of carbonyl (C=O) groups is 2. The number of ketones is 2. The van der Waals surface area contributed by atoms with Crippen molar-refractivity contribution in [3.05, 3.63) is 108 Å². The lowest BCUT2D eigenvalue weighted by molar-refractivity contribution is 0.103. The van der Waals surface area contributed by atoms with Crippen molar-refractivity contribution in [2.45, 2.75) is 27.7 Å². The lowest BCUT2D eigenvalue weighted by Crippen LogP contribution is -2.06. The van der Waals surface area contributed by atoms with Crippen LogP contribution in [0.4, 0.5) is 0 Å². The summed E-state index contributed by atoms with van der Waals surface area (Å²) in [5.41, 5.74) is 1.98. The van der Waals surface area contributed by atoms with Gasteiger partial charge in [0.2, 0.25) is 0 Å². The average molecular weight is 348 g/mol. The largest absolute Gasteiger partial charge is 0.289 e. The van der Waals surface area contributed by atoms with Gasteiger partial charge in [0.25, 0.3) is 0 Å². The third kappa shape index (κ3) is 6.48. The van der Waals surface area contributed by atoms with Crippen LogP contribution < -0.4 is 0 Å². The predicted molar refractivity (Wildman–Crippen MR) is 112 cm³/mol. The second-order valence-electron chi connectivity index (χ2n) is 4.67. The van der Waals surface area contributed by atoms with Crippen LogP contribution in [0.2, 0.25) is 0 Å². The van der Waals surface area contributed by atoms with Gasteiger partial charge in [0, 0.05) is 22.3 Å². The van der Waals surface area contributed by atoms with Crippen LogP contribution in [-0.4, -0.2) is 11.6 Å². The first-order valence-electron chi connectivity index (χ1n) is 8.87. The summed E-state index contributed by atoms with van der Waals surface area (Å²) in [6.07, 6.45) is 4.62. The minimum Gasteiger partial charge on any atom is -0.289 e. The van der Waals surface area contributed by atoms with Crippen molar-refractivity contribution >= 4 is 11.6 Å². The normalized spacial score (nSPS) is 9.62. The highest BCUT2D eigenvalue weighted by Crippen LogP contribution is 2.15. The van der Waals surface area contributed by atoms with Gasteiger partial charge >= 0.3 is 0 Å². The molecule has 0 bridgehead atoms. The summed E-state index contributed by atoms with van der Waals surface area (Å²) in [5.74, 6) is -0.291. The summed E-state index contributed by atoms with van der Waals surface area (Å²) in [5, 5.41) is 0. The van der Waals surface area contributed by atoms with E-state index in [2.05, 4.69) is 13.2 Å². The lowest BCUT2D eigenvalue weighted by Gasteiger charge is -2.05. The Morgan fingerprint density at radius 1 is 0.769 bits per heavy atom. The molecule has 2 nitrogen and oxygen atoms in total. The van der Waals surface area contributed by atoms with Crippen molar-refractivity contribution in [1.29, 1.82) is 0 Å². The molecule has 0 aromatic heterocycles.